The molecular formula is C11H10N4OS. The Hall–Kier alpha value is -2.13. The van der Waals surface area contributed by atoms with Crippen LogP contribution in [0.2, 0.25) is 0 Å². The van der Waals surface area contributed by atoms with Crippen LogP contribution in [0, 0.1) is 18.3 Å². The van der Waals surface area contributed by atoms with Crippen molar-refractivity contribution in [2.45, 2.75) is 6.92 Å². The summed E-state index contributed by atoms with van der Waals surface area (Å²) in [6, 6.07) is 3.82. The van der Waals surface area contributed by atoms with E-state index in [4.69, 9.17) is 17.5 Å². The van der Waals surface area contributed by atoms with E-state index in [1.807, 2.05) is 14.0 Å². The van der Waals surface area contributed by atoms with E-state index in [1.165, 1.54) is 0 Å². The van der Waals surface area contributed by atoms with Crippen molar-refractivity contribution in [3.8, 4) is 6.07 Å². The zero-order valence-corrected chi connectivity index (χ0v) is 10.2. The van der Waals surface area contributed by atoms with Crippen LogP contribution in [0.3, 0.4) is 0 Å². The van der Waals surface area contributed by atoms with Crippen molar-refractivity contribution in [2.24, 2.45) is 7.05 Å². The molecule has 0 saturated carbocycles. The Morgan fingerprint density at radius 2 is 2.24 bits per heavy atom. The molecule has 0 aromatic carbocycles. The zero-order chi connectivity index (χ0) is 12.6. The minimum absolute atomic E-state index is 0.253. The van der Waals surface area contributed by atoms with Gasteiger partial charge in [-0.05, 0) is 36.8 Å². The van der Waals surface area contributed by atoms with Crippen molar-refractivity contribution < 1.29 is 4.79 Å². The van der Waals surface area contributed by atoms with Gasteiger partial charge in [0.1, 0.15) is 17.5 Å². The van der Waals surface area contributed by atoms with Gasteiger partial charge < -0.3 is 9.88 Å². The second-order valence-corrected chi connectivity index (χ2v) is 4.12. The first-order valence-corrected chi connectivity index (χ1v) is 5.34. The molecule has 1 aromatic heterocycles. The molecule has 0 radical (unpaired) electrons. The number of carbonyl (C=O) groups excluding carboxylic acids is 1. The van der Waals surface area contributed by atoms with Gasteiger partial charge in [0.25, 0.3) is 5.91 Å². The fourth-order valence-corrected chi connectivity index (χ4v) is 1.82. The molecule has 1 aliphatic rings. The van der Waals surface area contributed by atoms with Gasteiger partial charge in [-0.15, -0.1) is 0 Å². The Bertz CT molecular complexity index is 591. The Labute approximate surface area is 104 Å². The van der Waals surface area contributed by atoms with E-state index in [1.54, 1.807) is 16.7 Å². The molecule has 1 saturated heterocycles. The van der Waals surface area contributed by atoms with Gasteiger partial charge in [0.05, 0.1) is 0 Å². The van der Waals surface area contributed by atoms with Crippen LogP contribution in [-0.2, 0) is 11.8 Å². The van der Waals surface area contributed by atoms with Crippen molar-refractivity contribution in [2.75, 3.05) is 0 Å². The molecule has 0 atom stereocenters. The van der Waals surface area contributed by atoms with Gasteiger partial charge in [-0.2, -0.15) is 5.26 Å². The number of aromatic nitrogens is 1. The summed E-state index contributed by atoms with van der Waals surface area (Å²) in [6.45, 7) is 1.89. The Morgan fingerprint density at radius 3 is 2.71 bits per heavy atom. The van der Waals surface area contributed by atoms with Gasteiger partial charge in [-0.25, -0.2) is 0 Å². The molecular weight excluding hydrogens is 236 g/mol. The van der Waals surface area contributed by atoms with Gasteiger partial charge in [0.15, 0.2) is 5.11 Å². The fraction of sp³-hybridized carbons (Fsp3) is 0.182. The topological polar surface area (TPSA) is 69.8 Å². The molecule has 1 aliphatic heterocycles. The molecule has 5 nitrogen and oxygen atoms in total. The number of rotatable bonds is 1. The smallest absolute Gasteiger partial charge is 0.273 e. The van der Waals surface area contributed by atoms with Crippen LogP contribution >= 0.6 is 12.2 Å². The van der Waals surface area contributed by atoms with Crippen LogP contribution in [0.15, 0.2) is 11.8 Å². The van der Waals surface area contributed by atoms with Gasteiger partial charge in [-0.1, -0.05) is 0 Å². The standard InChI is InChI=1S/C11H10N4OS/c1-6-7(3-8(5-12)15(6)2)4-9-10(16)14-11(17)13-9/h3-4H,1-2H3,(H2,13,14,16,17). The average molecular weight is 246 g/mol. The monoisotopic (exact) mass is 246 g/mol. The first-order valence-electron chi connectivity index (χ1n) is 4.93. The van der Waals surface area contributed by atoms with E-state index >= 15 is 0 Å². The lowest BCUT2D eigenvalue weighted by Crippen LogP contribution is -2.21. The summed E-state index contributed by atoms with van der Waals surface area (Å²) in [7, 11) is 1.81. The number of nitrogens with one attached hydrogen (secondary N) is 2. The fourth-order valence-electron chi connectivity index (χ4n) is 1.61. The number of thiocarbonyl (C=S) groups is 1. The molecule has 2 N–H and O–H groups in total. The number of hydrogen-bond donors (Lipinski definition) is 2. The maximum Gasteiger partial charge on any atom is 0.273 e. The molecule has 0 aliphatic carbocycles. The number of carbonyl (C=O) groups is 1. The minimum atomic E-state index is -0.253. The number of hydrogen-bond acceptors (Lipinski definition) is 3. The first-order chi connectivity index (χ1) is 8.02. The molecule has 2 heterocycles. The summed E-state index contributed by atoms with van der Waals surface area (Å²) >= 11 is 4.83. The lowest BCUT2D eigenvalue weighted by Gasteiger charge is -1.98. The van der Waals surface area contributed by atoms with E-state index in [0.717, 1.165) is 11.3 Å². The second kappa shape index (κ2) is 4.03. The van der Waals surface area contributed by atoms with Crippen molar-refractivity contribution in [1.29, 1.82) is 5.26 Å². The average Bonchev–Trinajstić information content (AvgIpc) is 2.73. The number of nitriles is 1. The molecule has 0 unspecified atom stereocenters. The summed E-state index contributed by atoms with van der Waals surface area (Å²) in [4.78, 5) is 11.5. The molecule has 6 heteroatoms. The predicted octanol–water partition coefficient (Wildman–Crippen LogP) is 0.550. The molecule has 86 valence electrons. The van der Waals surface area contributed by atoms with Gasteiger partial charge in [0, 0.05) is 12.7 Å². The van der Waals surface area contributed by atoms with Crippen LogP contribution in [-0.4, -0.2) is 15.6 Å². The van der Waals surface area contributed by atoms with Crippen LogP contribution in [0.25, 0.3) is 6.08 Å². The molecule has 1 aromatic rings. The summed E-state index contributed by atoms with van der Waals surface area (Å²) in [5, 5.41) is 14.5. The van der Waals surface area contributed by atoms with Crippen LogP contribution < -0.4 is 10.6 Å². The Kier molecular flexibility index (Phi) is 2.69. The highest BCUT2D eigenvalue weighted by Gasteiger charge is 2.20. The number of amides is 1. The number of nitrogens with zero attached hydrogens (tertiary/aromatic N) is 2. The lowest BCUT2D eigenvalue weighted by molar-refractivity contribution is -0.115. The molecule has 1 fully saturated rings. The normalized spacial score (nSPS) is 16.9. The third kappa shape index (κ3) is 1.92. The summed E-state index contributed by atoms with van der Waals surface area (Å²) in [6.07, 6.45) is 1.69. The van der Waals surface area contributed by atoms with Crippen LogP contribution in [0.1, 0.15) is 17.0 Å². The highest BCUT2D eigenvalue weighted by Crippen LogP contribution is 2.17. The van der Waals surface area contributed by atoms with Crippen LogP contribution in [0.4, 0.5) is 0 Å². The van der Waals surface area contributed by atoms with E-state index in [9.17, 15) is 4.79 Å². The third-order valence-electron chi connectivity index (χ3n) is 2.71. The van der Waals surface area contributed by atoms with E-state index in [0.29, 0.717) is 16.5 Å². The summed E-state index contributed by atoms with van der Waals surface area (Å²) in [5.74, 6) is -0.253. The van der Waals surface area contributed by atoms with Crippen molar-refractivity contribution in [1.82, 2.24) is 15.2 Å². The molecule has 1 amide bonds. The first kappa shape index (κ1) is 11.4. The van der Waals surface area contributed by atoms with E-state index in [2.05, 4.69) is 16.7 Å². The summed E-state index contributed by atoms with van der Waals surface area (Å²) in [5.41, 5.74) is 2.69. The van der Waals surface area contributed by atoms with E-state index < -0.39 is 0 Å². The quantitative estimate of drug-likeness (QED) is 0.561. The minimum Gasteiger partial charge on any atom is -0.339 e. The largest absolute Gasteiger partial charge is 0.339 e. The van der Waals surface area contributed by atoms with Gasteiger partial charge in [0.2, 0.25) is 0 Å². The maximum atomic E-state index is 11.5. The van der Waals surface area contributed by atoms with Crippen molar-refractivity contribution in [3.05, 3.63) is 28.7 Å². The van der Waals surface area contributed by atoms with E-state index in [-0.39, 0.29) is 5.91 Å². The molecule has 0 bridgehead atoms. The predicted molar refractivity (Wildman–Crippen MR) is 66.7 cm³/mol. The van der Waals surface area contributed by atoms with Crippen molar-refractivity contribution in [3.63, 3.8) is 0 Å². The summed E-state index contributed by atoms with van der Waals surface area (Å²) < 4.78 is 1.78. The second-order valence-electron chi connectivity index (χ2n) is 3.71. The van der Waals surface area contributed by atoms with Crippen LogP contribution in [0.5, 0.6) is 0 Å². The SMILES string of the molecule is Cc1c(C=C2NC(=S)NC2=O)cc(C#N)n1C. The zero-order valence-electron chi connectivity index (χ0n) is 9.37. The highest BCUT2D eigenvalue weighted by molar-refractivity contribution is 7.80. The Morgan fingerprint density at radius 1 is 1.53 bits per heavy atom. The van der Waals surface area contributed by atoms with Crippen molar-refractivity contribution >= 4 is 29.3 Å². The Balaban J connectivity index is 2.44. The van der Waals surface area contributed by atoms with Gasteiger partial charge in [-0.3, -0.25) is 10.1 Å². The maximum absolute atomic E-state index is 11.5. The third-order valence-corrected chi connectivity index (χ3v) is 2.91. The molecule has 2 rings (SSSR count). The highest BCUT2D eigenvalue weighted by atomic mass is 32.1. The molecule has 17 heavy (non-hydrogen) atoms. The molecule has 0 spiro atoms. The lowest BCUT2D eigenvalue weighted by atomic mass is 10.2. The van der Waals surface area contributed by atoms with Gasteiger partial charge >= 0.3 is 0 Å².